The van der Waals surface area contributed by atoms with E-state index in [1.165, 1.54) is 13.2 Å². The third-order valence-electron chi connectivity index (χ3n) is 12.4. The Balaban J connectivity index is 0.795. The van der Waals surface area contributed by atoms with E-state index in [0.717, 1.165) is 35.6 Å². The van der Waals surface area contributed by atoms with Gasteiger partial charge < -0.3 is 19.9 Å². The molecule has 4 aromatic rings. The first-order chi connectivity index (χ1) is 28.2. The van der Waals surface area contributed by atoms with E-state index in [-0.39, 0.29) is 53.2 Å². The number of hydrogen-bond acceptors (Lipinski definition) is 10. The number of piperidine rings is 2. The molecule has 1 aliphatic carbocycles. The van der Waals surface area contributed by atoms with Gasteiger partial charge in [-0.1, -0.05) is 6.07 Å². The minimum absolute atomic E-state index is 0.0491. The van der Waals surface area contributed by atoms with E-state index in [0.29, 0.717) is 67.5 Å². The quantitative estimate of drug-likeness (QED) is 0.254. The number of carbonyl (C=O) groups is 6. The number of ether oxygens (including phenoxy) is 1. The topological polar surface area (TPSA) is 176 Å². The van der Waals surface area contributed by atoms with Gasteiger partial charge in [-0.2, -0.15) is 18.3 Å². The summed E-state index contributed by atoms with van der Waals surface area (Å²) in [7, 11) is 1.42. The van der Waals surface area contributed by atoms with Crippen LogP contribution in [0.1, 0.15) is 81.5 Å². The first-order valence-corrected chi connectivity index (χ1v) is 19.6. The lowest BCUT2D eigenvalue weighted by atomic mass is 9.94. The second-order valence-electron chi connectivity index (χ2n) is 15.9. The highest BCUT2D eigenvalue weighted by molar-refractivity contribution is 6.23. The van der Waals surface area contributed by atoms with E-state index in [2.05, 4.69) is 20.5 Å². The summed E-state index contributed by atoms with van der Waals surface area (Å²) >= 11 is 0. The molecule has 0 radical (unpaired) electrons. The normalized spacial score (nSPS) is 23.5. The zero-order valence-electron chi connectivity index (χ0n) is 31.8. The van der Waals surface area contributed by atoms with Crippen molar-refractivity contribution in [3.63, 3.8) is 0 Å². The molecule has 1 saturated carbocycles. The minimum atomic E-state index is -4.69. The smallest absolute Gasteiger partial charge is 0.433 e. The lowest BCUT2D eigenvalue weighted by Gasteiger charge is -2.35. The third-order valence-corrected chi connectivity index (χ3v) is 12.4. The number of pyridine rings is 1. The van der Waals surface area contributed by atoms with Gasteiger partial charge in [0.05, 0.1) is 35.5 Å². The molecular formula is C41H39F3N8O7. The molecule has 3 saturated heterocycles. The highest BCUT2D eigenvalue weighted by Crippen LogP contribution is 2.45. The SMILES string of the molecule is COc1cc2nn(C3C[C@@H]4CN(C(=O)C5CCN(c6ccc7c(c6)C(=O)N(C6CCC(=O)NC6=O)C7=O)CC5)C[C@@H]4C3)cc2cc1NC(=O)c1cccc(C(F)(F)F)n1. The highest BCUT2D eigenvalue weighted by Gasteiger charge is 2.46. The molecule has 6 amide bonds. The number of nitrogens with zero attached hydrogens (tertiary/aromatic N) is 6. The Morgan fingerprint density at radius 3 is 2.34 bits per heavy atom. The van der Waals surface area contributed by atoms with Gasteiger partial charge in [-0.15, -0.1) is 0 Å². The van der Waals surface area contributed by atoms with Crippen LogP contribution in [0.5, 0.6) is 5.75 Å². The number of likely N-dealkylation sites (tertiary alicyclic amines) is 1. The van der Waals surface area contributed by atoms with E-state index < -0.39 is 47.4 Å². The number of imide groups is 2. The van der Waals surface area contributed by atoms with Crippen LogP contribution in [0, 0.1) is 17.8 Å². The van der Waals surface area contributed by atoms with Crippen molar-refractivity contribution in [2.45, 2.75) is 56.8 Å². The van der Waals surface area contributed by atoms with Crippen molar-refractivity contribution in [3.05, 3.63) is 77.2 Å². The number of hydrogen-bond donors (Lipinski definition) is 2. The molecule has 0 bridgehead atoms. The second-order valence-corrected chi connectivity index (χ2v) is 15.9. The van der Waals surface area contributed by atoms with Gasteiger partial charge >= 0.3 is 6.18 Å². The van der Waals surface area contributed by atoms with E-state index in [4.69, 9.17) is 9.84 Å². The molecule has 18 heteroatoms. The summed E-state index contributed by atoms with van der Waals surface area (Å²) in [4.78, 5) is 85.8. The Hall–Kier alpha value is -6.33. The summed E-state index contributed by atoms with van der Waals surface area (Å²) in [6.07, 6.45) is 0.288. The van der Waals surface area contributed by atoms with Crippen LogP contribution in [0.3, 0.4) is 0 Å². The van der Waals surface area contributed by atoms with Crippen molar-refractivity contribution in [2.24, 2.45) is 17.8 Å². The fraction of sp³-hybridized carbons (Fsp3) is 0.415. The molecule has 15 nitrogen and oxygen atoms in total. The largest absolute Gasteiger partial charge is 0.494 e. The lowest BCUT2D eigenvalue weighted by Crippen LogP contribution is -2.54. The number of amides is 6. The van der Waals surface area contributed by atoms with Gasteiger partial charge in [0, 0.05) is 61.9 Å². The van der Waals surface area contributed by atoms with E-state index in [9.17, 15) is 41.9 Å². The van der Waals surface area contributed by atoms with Crippen molar-refractivity contribution in [1.82, 2.24) is 29.9 Å². The van der Waals surface area contributed by atoms with Gasteiger partial charge in [-0.3, -0.25) is 43.7 Å². The second kappa shape index (κ2) is 14.5. The standard InChI is InChI=1S/C41H39F3N8O7/c1-59-33-17-30-24(15-31(33)46-36(54)29-3-2-4-34(45-29)41(42,43)44)20-51(48-30)26-13-22-18-50(19-23(22)14-26)38(56)21-9-11-49(12-10-21)25-5-6-27-28(16-25)40(58)52(39(27)57)32-7-8-35(53)47-37(32)55/h2-6,15-17,20-23,26,32H,7-14,18-19H2,1H3,(H,46,54)(H,47,53,55)/t22-,23+,26?,32?. The molecule has 5 aliphatic rings. The summed E-state index contributed by atoms with van der Waals surface area (Å²) in [6.45, 7) is 2.53. The molecule has 2 unspecified atom stereocenters. The maximum Gasteiger partial charge on any atom is 0.433 e. The van der Waals surface area contributed by atoms with Crippen molar-refractivity contribution in [2.75, 3.05) is 43.5 Å². The van der Waals surface area contributed by atoms with Gasteiger partial charge in [-0.05, 0) is 80.3 Å². The van der Waals surface area contributed by atoms with Gasteiger partial charge in [-0.25, -0.2) is 4.98 Å². The van der Waals surface area contributed by atoms with Gasteiger partial charge in [0.2, 0.25) is 17.7 Å². The molecule has 4 atom stereocenters. The Labute approximate surface area is 334 Å². The molecule has 59 heavy (non-hydrogen) atoms. The van der Waals surface area contributed by atoms with E-state index >= 15 is 0 Å². The third kappa shape index (κ3) is 6.93. The monoisotopic (exact) mass is 812 g/mol. The molecule has 4 aliphatic heterocycles. The highest BCUT2D eigenvalue weighted by atomic mass is 19.4. The summed E-state index contributed by atoms with van der Waals surface area (Å²) in [5.41, 5.74) is 0.564. The molecule has 0 spiro atoms. The first-order valence-electron chi connectivity index (χ1n) is 19.6. The predicted octanol–water partition coefficient (Wildman–Crippen LogP) is 4.44. The van der Waals surface area contributed by atoms with Crippen LogP contribution in [0.25, 0.3) is 10.9 Å². The van der Waals surface area contributed by atoms with Crippen LogP contribution in [0.2, 0.25) is 0 Å². The molecular weight excluding hydrogens is 773 g/mol. The number of carbonyl (C=O) groups excluding carboxylic acids is 6. The molecule has 2 N–H and O–H groups in total. The average Bonchev–Trinajstić information content (AvgIpc) is 3.98. The Morgan fingerprint density at radius 2 is 1.64 bits per heavy atom. The van der Waals surface area contributed by atoms with Crippen LogP contribution in [-0.2, 0) is 20.6 Å². The molecule has 2 aromatic heterocycles. The fourth-order valence-corrected chi connectivity index (χ4v) is 9.39. The van der Waals surface area contributed by atoms with Crippen LogP contribution < -0.4 is 20.3 Å². The summed E-state index contributed by atoms with van der Waals surface area (Å²) in [5, 5.41) is 10.4. The fourth-order valence-electron chi connectivity index (χ4n) is 9.39. The lowest BCUT2D eigenvalue weighted by molar-refractivity contribution is -0.141. The Kier molecular flexibility index (Phi) is 9.38. The van der Waals surface area contributed by atoms with Crippen molar-refractivity contribution in [1.29, 1.82) is 0 Å². The van der Waals surface area contributed by atoms with Crippen LogP contribution in [0.15, 0.2) is 54.7 Å². The van der Waals surface area contributed by atoms with E-state index in [1.807, 2.05) is 15.8 Å². The van der Waals surface area contributed by atoms with Gasteiger partial charge in [0.15, 0.2) is 0 Å². The first kappa shape index (κ1) is 38.2. The van der Waals surface area contributed by atoms with Gasteiger partial charge in [0.25, 0.3) is 17.7 Å². The molecule has 306 valence electrons. The average molecular weight is 813 g/mol. The molecule has 4 fully saturated rings. The van der Waals surface area contributed by atoms with Crippen molar-refractivity contribution < 1.29 is 46.7 Å². The van der Waals surface area contributed by atoms with Gasteiger partial charge in [0.1, 0.15) is 23.2 Å². The maximum atomic E-state index is 13.8. The zero-order valence-corrected chi connectivity index (χ0v) is 31.8. The van der Waals surface area contributed by atoms with Crippen LogP contribution in [0.4, 0.5) is 24.5 Å². The summed E-state index contributed by atoms with van der Waals surface area (Å²) < 4.78 is 46.9. The molecule has 6 heterocycles. The summed E-state index contributed by atoms with van der Waals surface area (Å²) in [6, 6.07) is 10.6. The number of rotatable bonds is 7. The number of nitrogens with one attached hydrogen (secondary N) is 2. The number of halogens is 3. The van der Waals surface area contributed by atoms with Crippen molar-refractivity contribution >= 4 is 57.7 Å². The number of fused-ring (bicyclic) bond motifs is 3. The maximum absolute atomic E-state index is 13.8. The van der Waals surface area contributed by atoms with Crippen LogP contribution >= 0.6 is 0 Å². The predicted molar refractivity (Wildman–Crippen MR) is 203 cm³/mol. The van der Waals surface area contributed by atoms with Crippen molar-refractivity contribution in [3.8, 4) is 5.75 Å². The number of anilines is 2. The molecule has 2 aromatic carbocycles. The summed E-state index contributed by atoms with van der Waals surface area (Å²) in [5.74, 6) is -2.06. The Bertz CT molecular complexity index is 2430. The Morgan fingerprint density at radius 1 is 0.915 bits per heavy atom. The zero-order chi connectivity index (χ0) is 41.3. The minimum Gasteiger partial charge on any atom is -0.494 e. The number of alkyl halides is 3. The molecule has 9 rings (SSSR count). The van der Waals surface area contributed by atoms with Crippen LogP contribution in [-0.4, -0.2) is 99.3 Å². The number of aromatic nitrogens is 3. The number of benzene rings is 2. The number of methoxy groups -OCH3 is 1. The van der Waals surface area contributed by atoms with E-state index in [1.54, 1.807) is 30.3 Å².